The summed E-state index contributed by atoms with van der Waals surface area (Å²) in [6.07, 6.45) is 0.363. The van der Waals surface area contributed by atoms with E-state index in [9.17, 15) is 14.7 Å². The van der Waals surface area contributed by atoms with Crippen molar-refractivity contribution in [2.24, 2.45) is 0 Å². The maximum atomic E-state index is 12.4. The Morgan fingerprint density at radius 3 is 2.50 bits per heavy atom. The summed E-state index contributed by atoms with van der Waals surface area (Å²) in [5.74, 6) is -1.06. The van der Waals surface area contributed by atoms with Crippen molar-refractivity contribution in [2.45, 2.75) is 51.4 Å². The molecule has 0 aliphatic carbocycles. The number of nitrogens with zero attached hydrogens (tertiary/aromatic N) is 1. The molecule has 0 aromatic heterocycles. The van der Waals surface area contributed by atoms with Crippen molar-refractivity contribution in [1.82, 2.24) is 4.90 Å². The van der Waals surface area contributed by atoms with Gasteiger partial charge < -0.3 is 14.6 Å². The Morgan fingerprint density at radius 1 is 1.25 bits per heavy atom. The van der Waals surface area contributed by atoms with Gasteiger partial charge in [-0.2, -0.15) is 0 Å². The van der Waals surface area contributed by atoms with E-state index in [1.165, 1.54) is 4.90 Å². The van der Waals surface area contributed by atoms with E-state index < -0.39 is 23.2 Å². The van der Waals surface area contributed by atoms with Crippen molar-refractivity contribution in [1.29, 1.82) is 0 Å². The van der Waals surface area contributed by atoms with Gasteiger partial charge in [0.2, 0.25) is 0 Å². The number of ether oxygens (including phenoxy) is 2. The highest BCUT2D eigenvalue weighted by molar-refractivity contribution is 5.85. The third-order valence-corrected chi connectivity index (χ3v) is 3.95. The smallest absolute Gasteiger partial charge is 0.411 e. The molecule has 1 atom stereocenters. The molecular formula is C18H25NO5. The van der Waals surface area contributed by atoms with Gasteiger partial charge in [0, 0.05) is 6.54 Å². The van der Waals surface area contributed by atoms with Gasteiger partial charge in [-0.05, 0) is 39.2 Å². The fourth-order valence-corrected chi connectivity index (χ4v) is 2.81. The van der Waals surface area contributed by atoms with Gasteiger partial charge in [-0.3, -0.25) is 4.90 Å². The summed E-state index contributed by atoms with van der Waals surface area (Å²) < 4.78 is 11.0. The predicted octanol–water partition coefficient (Wildman–Crippen LogP) is 3.06. The molecule has 1 N–H and O–H groups in total. The third-order valence-electron chi connectivity index (χ3n) is 3.95. The highest BCUT2D eigenvalue weighted by Crippen LogP contribution is 2.32. The Hall–Kier alpha value is -2.08. The Labute approximate surface area is 142 Å². The molecule has 1 aromatic rings. The van der Waals surface area contributed by atoms with Crippen molar-refractivity contribution in [2.75, 3.05) is 13.2 Å². The second-order valence-electron chi connectivity index (χ2n) is 7.05. The first-order chi connectivity index (χ1) is 11.2. The molecule has 1 aromatic carbocycles. The lowest BCUT2D eigenvalue weighted by molar-refractivity contribution is -0.153. The van der Waals surface area contributed by atoms with Crippen LogP contribution in [-0.4, -0.2) is 46.4 Å². The Bertz CT molecular complexity index is 581. The van der Waals surface area contributed by atoms with Crippen molar-refractivity contribution < 1.29 is 24.2 Å². The number of carbonyl (C=O) groups excluding carboxylic acids is 1. The molecule has 24 heavy (non-hydrogen) atoms. The standard InChI is InChI=1S/C18H25NO5/c1-17(2,3)24-16(22)19-11-7-10-18(19,15(20)21)13-23-12-14-8-5-4-6-9-14/h4-6,8-9H,7,10-13H2,1-3H3,(H,20,21)/t18-/m1/s1. The highest BCUT2D eigenvalue weighted by atomic mass is 16.6. The predicted molar refractivity (Wildman–Crippen MR) is 88.6 cm³/mol. The van der Waals surface area contributed by atoms with Gasteiger partial charge in [0.15, 0.2) is 5.54 Å². The van der Waals surface area contributed by atoms with Crippen molar-refractivity contribution in [3.05, 3.63) is 35.9 Å². The van der Waals surface area contributed by atoms with Gasteiger partial charge >= 0.3 is 12.1 Å². The average molecular weight is 335 g/mol. The molecule has 0 bridgehead atoms. The molecule has 1 heterocycles. The van der Waals surface area contributed by atoms with Crippen LogP contribution in [0.1, 0.15) is 39.2 Å². The average Bonchev–Trinajstić information content (AvgIpc) is 2.92. The number of carboxylic acids is 1. The molecule has 1 aliphatic heterocycles. The number of aliphatic carboxylic acids is 1. The third kappa shape index (κ3) is 4.26. The van der Waals surface area contributed by atoms with Gasteiger partial charge in [0.1, 0.15) is 5.60 Å². The van der Waals surface area contributed by atoms with Crippen molar-refractivity contribution >= 4 is 12.1 Å². The summed E-state index contributed by atoms with van der Waals surface area (Å²) in [7, 11) is 0. The van der Waals surface area contributed by atoms with Crippen molar-refractivity contribution in [3.63, 3.8) is 0 Å². The summed E-state index contributed by atoms with van der Waals surface area (Å²) in [5.41, 5.74) is -1.08. The van der Waals surface area contributed by atoms with E-state index in [0.717, 1.165) is 5.56 Å². The minimum absolute atomic E-state index is 0.0591. The van der Waals surface area contributed by atoms with Crippen LogP contribution in [0.25, 0.3) is 0 Å². The van der Waals surface area contributed by atoms with E-state index in [1.807, 2.05) is 30.3 Å². The lowest BCUT2D eigenvalue weighted by atomic mass is 9.97. The minimum Gasteiger partial charge on any atom is -0.479 e. The van der Waals surface area contributed by atoms with Gasteiger partial charge in [-0.25, -0.2) is 9.59 Å². The van der Waals surface area contributed by atoms with Gasteiger partial charge in [0.05, 0.1) is 13.2 Å². The molecule has 6 nitrogen and oxygen atoms in total. The fraction of sp³-hybridized carbons (Fsp3) is 0.556. The van der Waals surface area contributed by atoms with Crippen LogP contribution in [0.4, 0.5) is 4.79 Å². The number of hydrogen-bond donors (Lipinski definition) is 1. The first-order valence-electron chi connectivity index (χ1n) is 8.10. The monoisotopic (exact) mass is 335 g/mol. The summed E-state index contributed by atoms with van der Waals surface area (Å²) in [5, 5.41) is 9.75. The zero-order chi connectivity index (χ0) is 17.8. The van der Waals surface area contributed by atoms with Gasteiger partial charge in [-0.15, -0.1) is 0 Å². The quantitative estimate of drug-likeness (QED) is 0.895. The summed E-state index contributed by atoms with van der Waals surface area (Å²) in [6.45, 7) is 5.88. The number of likely N-dealkylation sites (tertiary alicyclic amines) is 1. The van der Waals surface area contributed by atoms with Crippen LogP contribution in [-0.2, 0) is 20.9 Å². The molecular weight excluding hydrogens is 310 g/mol. The maximum Gasteiger partial charge on any atom is 0.411 e. The normalized spacial score (nSPS) is 20.9. The topological polar surface area (TPSA) is 76.1 Å². The molecule has 0 saturated carbocycles. The van der Waals surface area contributed by atoms with E-state index in [0.29, 0.717) is 26.0 Å². The van der Waals surface area contributed by atoms with E-state index in [2.05, 4.69) is 0 Å². The minimum atomic E-state index is -1.36. The number of carboxylic acid groups (broad SMARTS) is 1. The van der Waals surface area contributed by atoms with Crippen LogP contribution >= 0.6 is 0 Å². The first kappa shape index (κ1) is 18.3. The van der Waals surface area contributed by atoms with E-state index in [4.69, 9.17) is 9.47 Å². The number of rotatable bonds is 5. The molecule has 1 aliphatic rings. The highest BCUT2D eigenvalue weighted by Gasteiger charge is 2.51. The molecule has 1 saturated heterocycles. The molecule has 1 amide bonds. The number of hydrogen-bond acceptors (Lipinski definition) is 4. The summed E-state index contributed by atoms with van der Waals surface area (Å²) in [6, 6.07) is 9.52. The lowest BCUT2D eigenvalue weighted by Gasteiger charge is -2.35. The second kappa shape index (κ2) is 7.21. The Balaban J connectivity index is 2.07. The van der Waals surface area contributed by atoms with E-state index >= 15 is 0 Å². The molecule has 1 fully saturated rings. The summed E-state index contributed by atoms with van der Waals surface area (Å²) >= 11 is 0. The van der Waals surface area contributed by atoms with Crippen LogP contribution in [0.5, 0.6) is 0 Å². The Kier molecular flexibility index (Phi) is 5.49. The molecule has 2 rings (SSSR count). The number of amides is 1. The first-order valence-corrected chi connectivity index (χ1v) is 8.10. The maximum absolute atomic E-state index is 12.4. The van der Waals surface area contributed by atoms with E-state index in [-0.39, 0.29) is 6.61 Å². The van der Waals surface area contributed by atoms with Crippen LogP contribution < -0.4 is 0 Å². The van der Waals surface area contributed by atoms with Gasteiger partial charge in [0.25, 0.3) is 0 Å². The largest absolute Gasteiger partial charge is 0.479 e. The summed E-state index contributed by atoms with van der Waals surface area (Å²) in [4.78, 5) is 25.6. The molecule has 0 unspecified atom stereocenters. The molecule has 0 radical (unpaired) electrons. The molecule has 132 valence electrons. The van der Waals surface area contributed by atoms with Crippen LogP contribution in [0, 0.1) is 0 Å². The lowest BCUT2D eigenvalue weighted by Crippen LogP contribution is -2.57. The molecule has 0 spiro atoms. The number of carbonyl (C=O) groups is 2. The SMILES string of the molecule is CC(C)(C)OC(=O)N1CCC[C@@]1(COCc1ccccc1)C(=O)O. The van der Waals surface area contributed by atoms with Crippen molar-refractivity contribution in [3.8, 4) is 0 Å². The number of benzene rings is 1. The molecule has 6 heteroatoms. The van der Waals surface area contributed by atoms with Gasteiger partial charge in [-0.1, -0.05) is 30.3 Å². The fourth-order valence-electron chi connectivity index (χ4n) is 2.81. The zero-order valence-electron chi connectivity index (χ0n) is 14.4. The second-order valence-corrected chi connectivity index (χ2v) is 7.05. The van der Waals surface area contributed by atoms with E-state index in [1.54, 1.807) is 20.8 Å². The van der Waals surface area contributed by atoms with Crippen LogP contribution in [0.15, 0.2) is 30.3 Å². The Morgan fingerprint density at radius 2 is 1.92 bits per heavy atom. The van der Waals surface area contributed by atoms with Crippen LogP contribution in [0.2, 0.25) is 0 Å². The zero-order valence-corrected chi connectivity index (χ0v) is 14.4. The van der Waals surface area contributed by atoms with Crippen LogP contribution in [0.3, 0.4) is 0 Å².